The smallest absolute Gasteiger partial charge is 0.172 e. The van der Waals surface area contributed by atoms with E-state index in [1.165, 1.54) is 0 Å². The molecule has 20 heavy (non-hydrogen) atoms. The van der Waals surface area contributed by atoms with Gasteiger partial charge in [-0.2, -0.15) is 0 Å². The lowest BCUT2D eigenvalue weighted by Gasteiger charge is -2.10. The molecule has 0 bridgehead atoms. The molecule has 1 heterocycles. The van der Waals surface area contributed by atoms with E-state index in [1.54, 1.807) is 6.20 Å². The molecule has 0 aliphatic heterocycles. The van der Waals surface area contributed by atoms with E-state index in [2.05, 4.69) is 52.5 Å². The Morgan fingerprint density at radius 1 is 1.25 bits per heavy atom. The highest BCUT2D eigenvalue weighted by molar-refractivity contribution is 9.11. The predicted molar refractivity (Wildman–Crippen MR) is 91.9 cm³/mol. The van der Waals surface area contributed by atoms with Crippen LogP contribution in [0.15, 0.2) is 39.7 Å². The van der Waals surface area contributed by atoms with Crippen LogP contribution in [0.3, 0.4) is 0 Å². The average molecular weight is 437 g/mol. The van der Waals surface area contributed by atoms with E-state index in [0.717, 1.165) is 5.56 Å². The van der Waals surface area contributed by atoms with Crippen LogP contribution < -0.4 is 10.6 Å². The molecule has 0 aliphatic carbocycles. The molecule has 2 aromatic rings. The molecule has 0 fully saturated rings. The fourth-order valence-electron chi connectivity index (χ4n) is 1.37. The van der Waals surface area contributed by atoms with E-state index in [0.29, 0.717) is 31.7 Å². The lowest BCUT2D eigenvalue weighted by atomic mass is 10.2. The summed E-state index contributed by atoms with van der Waals surface area (Å²) in [4.78, 5) is 8.33. The van der Waals surface area contributed by atoms with Gasteiger partial charge in [-0.25, -0.2) is 9.97 Å². The van der Waals surface area contributed by atoms with Crippen molar-refractivity contribution in [3.8, 4) is 0 Å². The van der Waals surface area contributed by atoms with Crippen LogP contribution in [0.25, 0.3) is 0 Å². The zero-order valence-corrected chi connectivity index (χ0v) is 14.8. The minimum Gasteiger partial charge on any atom is -0.358 e. The predicted octanol–water partition coefficient (Wildman–Crippen LogP) is 4.14. The second kappa shape index (κ2) is 7.31. The number of aromatic nitrogens is 2. The van der Waals surface area contributed by atoms with Crippen molar-refractivity contribution in [2.45, 2.75) is 6.54 Å². The van der Waals surface area contributed by atoms with Crippen molar-refractivity contribution < 1.29 is 0 Å². The molecule has 0 radical (unpaired) electrons. The number of hydrogen-bond acceptors (Lipinski definition) is 3. The monoisotopic (exact) mass is 434 g/mol. The van der Waals surface area contributed by atoms with E-state index in [9.17, 15) is 0 Å². The zero-order chi connectivity index (χ0) is 14.5. The summed E-state index contributed by atoms with van der Waals surface area (Å²) in [5.74, 6) is 0.557. The first-order valence-corrected chi connectivity index (χ1v) is 7.89. The number of nitrogens with one attached hydrogen (secondary N) is 2. The molecule has 2 N–H and O–H groups in total. The van der Waals surface area contributed by atoms with Gasteiger partial charge in [-0.3, -0.25) is 0 Å². The van der Waals surface area contributed by atoms with Gasteiger partial charge in [-0.1, -0.05) is 23.7 Å². The highest BCUT2D eigenvalue weighted by atomic mass is 79.9. The second-order valence-corrected chi connectivity index (χ2v) is 6.17. The van der Waals surface area contributed by atoms with Gasteiger partial charge in [0, 0.05) is 11.6 Å². The zero-order valence-electron chi connectivity index (χ0n) is 10.0. The lowest BCUT2D eigenvalue weighted by Crippen LogP contribution is -2.28. The summed E-state index contributed by atoms with van der Waals surface area (Å²) in [5, 5.41) is 7.24. The Kier molecular flexibility index (Phi) is 5.71. The molecule has 4 nitrogen and oxygen atoms in total. The molecule has 0 saturated heterocycles. The molecular weight excluding hydrogens is 427 g/mol. The standard InChI is InChI=1S/C12H9Br2ClN4S/c13-9-6-16-11(10(14)18-9)19-12(20)17-5-7-1-3-8(15)4-2-7/h1-4,6H,5H2,(H2,16,17,19,20). The molecule has 0 unspecified atom stereocenters. The molecular formula is C12H9Br2ClN4S. The fraction of sp³-hybridized carbons (Fsp3) is 0.0833. The molecule has 0 amide bonds. The van der Waals surface area contributed by atoms with Crippen LogP contribution in [0.4, 0.5) is 5.82 Å². The molecule has 2 rings (SSSR count). The van der Waals surface area contributed by atoms with Crippen LogP contribution >= 0.6 is 55.7 Å². The van der Waals surface area contributed by atoms with Crippen molar-refractivity contribution in [3.05, 3.63) is 50.3 Å². The normalized spacial score (nSPS) is 10.2. The molecule has 0 atom stereocenters. The maximum atomic E-state index is 5.83. The van der Waals surface area contributed by atoms with Crippen LogP contribution in [0.5, 0.6) is 0 Å². The Labute approximate surface area is 143 Å². The van der Waals surface area contributed by atoms with E-state index in [1.807, 2.05) is 24.3 Å². The summed E-state index contributed by atoms with van der Waals surface area (Å²) in [6, 6.07) is 7.55. The molecule has 104 valence electrons. The van der Waals surface area contributed by atoms with Crippen molar-refractivity contribution >= 4 is 66.6 Å². The molecule has 1 aromatic heterocycles. The summed E-state index contributed by atoms with van der Waals surface area (Å²) in [7, 11) is 0. The van der Waals surface area contributed by atoms with Crippen LogP contribution in [-0.4, -0.2) is 15.1 Å². The van der Waals surface area contributed by atoms with Gasteiger partial charge in [-0.05, 0) is 61.8 Å². The largest absolute Gasteiger partial charge is 0.358 e. The maximum Gasteiger partial charge on any atom is 0.172 e. The molecule has 0 saturated carbocycles. The van der Waals surface area contributed by atoms with Gasteiger partial charge in [0.25, 0.3) is 0 Å². The SMILES string of the molecule is S=C(NCc1ccc(Cl)cc1)Nc1ncc(Br)nc1Br. The van der Waals surface area contributed by atoms with Crippen LogP contribution in [-0.2, 0) is 6.54 Å². The number of hydrogen-bond donors (Lipinski definition) is 2. The van der Waals surface area contributed by atoms with Gasteiger partial charge in [0.1, 0.15) is 9.21 Å². The first-order valence-electron chi connectivity index (χ1n) is 5.52. The fourth-order valence-corrected chi connectivity index (χ4v) is 2.57. The second-order valence-electron chi connectivity index (χ2n) is 3.77. The maximum absolute atomic E-state index is 5.83. The summed E-state index contributed by atoms with van der Waals surface area (Å²) >= 11 is 17.6. The number of nitrogens with zero attached hydrogens (tertiary/aromatic N) is 2. The van der Waals surface area contributed by atoms with E-state index >= 15 is 0 Å². The van der Waals surface area contributed by atoms with Crippen molar-refractivity contribution in [2.75, 3.05) is 5.32 Å². The van der Waals surface area contributed by atoms with Crippen molar-refractivity contribution in [1.29, 1.82) is 0 Å². The Hall–Kier alpha value is -0.760. The van der Waals surface area contributed by atoms with Crippen LogP contribution in [0.1, 0.15) is 5.56 Å². The number of benzene rings is 1. The van der Waals surface area contributed by atoms with E-state index in [4.69, 9.17) is 23.8 Å². The molecule has 0 aliphatic rings. The lowest BCUT2D eigenvalue weighted by molar-refractivity contribution is 0.924. The summed E-state index contributed by atoms with van der Waals surface area (Å²) in [6.45, 7) is 0.602. The summed E-state index contributed by atoms with van der Waals surface area (Å²) < 4.78 is 1.23. The average Bonchev–Trinajstić information content (AvgIpc) is 2.41. The number of rotatable bonds is 3. The first-order chi connectivity index (χ1) is 9.54. The third-order valence-electron chi connectivity index (χ3n) is 2.30. The van der Waals surface area contributed by atoms with Gasteiger partial charge >= 0.3 is 0 Å². The number of thiocarbonyl (C=S) groups is 1. The third-order valence-corrected chi connectivity index (χ3v) is 3.73. The first kappa shape index (κ1) is 15.6. The Balaban J connectivity index is 1.90. The van der Waals surface area contributed by atoms with E-state index < -0.39 is 0 Å². The van der Waals surface area contributed by atoms with E-state index in [-0.39, 0.29) is 0 Å². The number of halogens is 3. The molecule has 0 spiro atoms. The van der Waals surface area contributed by atoms with Crippen molar-refractivity contribution in [2.24, 2.45) is 0 Å². The highest BCUT2D eigenvalue weighted by Crippen LogP contribution is 2.19. The summed E-state index contributed by atoms with van der Waals surface area (Å²) in [6.07, 6.45) is 1.59. The highest BCUT2D eigenvalue weighted by Gasteiger charge is 2.05. The van der Waals surface area contributed by atoms with Gasteiger partial charge in [0.05, 0.1) is 6.20 Å². The minimum atomic E-state index is 0.470. The Bertz CT molecular complexity index is 621. The third kappa shape index (κ3) is 4.66. The van der Waals surface area contributed by atoms with Gasteiger partial charge in [-0.15, -0.1) is 0 Å². The summed E-state index contributed by atoms with van der Waals surface area (Å²) in [5.41, 5.74) is 1.08. The van der Waals surface area contributed by atoms with Gasteiger partial charge in [0.15, 0.2) is 10.9 Å². The van der Waals surface area contributed by atoms with Crippen molar-refractivity contribution in [1.82, 2.24) is 15.3 Å². The quantitative estimate of drug-likeness (QED) is 0.709. The van der Waals surface area contributed by atoms with Gasteiger partial charge < -0.3 is 10.6 Å². The molecule has 8 heteroatoms. The Morgan fingerprint density at radius 2 is 1.95 bits per heavy atom. The Morgan fingerprint density at radius 3 is 2.60 bits per heavy atom. The van der Waals surface area contributed by atoms with Crippen molar-refractivity contribution in [3.63, 3.8) is 0 Å². The topological polar surface area (TPSA) is 49.8 Å². The van der Waals surface area contributed by atoms with Crippen LogP contribution in [0, 0.1) is 0 Å². The minimum absolute atomic E-state index is 0.470. The van der Waals surface area contributed by atoms with Gasteiger partial charge in [0.2, 0.25) is 0 Å². The van der Waals surface area contributed by atoms with Crippen LogP contribution in [0.2, 0.25) is 5.02 Å². The number of anilines is 1. The molecule has 1 aromatic carbocycles.